The second kappa shape index (κ2) is 6.86. The van der Waals surface area contributed by atoms with Gasteiger partial charge in [-0.2, -0.15) is 29.9 Å². The molecular weight excluding hydrogens is 398 g/mol. The molecule has 2 N–H and O–H groups in total. The average molecular weight is 404 g/mol. The van der Waals surface area contributed by atoms with E-state index in [1.54, 1.807) is 24.3 Å². The normalized spacial score (nSPS) is 10.7. The summed E-state index contributed by atoms with van der Waals surface area (Å²) in [5.41, 5.74) is 6.86. The Morgan fingerprint density at radius 2 is 1.17 bits per heavy atom. The number of nitrogens with two attached hydrogens (primary N) is 1. The Balaban J connectivity index is 2.24. The Kier molecular flexibility index (Phi) is 4.81. The molecule has 0 saturated heterocycles. The molecule has 122 valence electrons. The van der Waals surface area contributed by atoms with Gasteiger partial charge in [0.25, 0.3) is 0 Å². The highest BCUT2D eigenvalue weighted by Crippen LogP contribution is 2.32. The van der Waals surface area contributed by atoms with Crippen LogP contribution < -0.4 is 10.6 Å². The number of hydrogen-bond donors (Lipinski definition) is 1. The third-order valence-corrected chi connectivity index (χ3v) is 3.34. The van der Waals surface area contributed by atoms with E-state index in [1.165, 1.54) is 4.90 Å². The molecule has 0 aliphatic rings. The number of nitrogen functional groups attached to an aromatic ring is 1. The first kappa shape index (κ1) is 16.8. The molecule has 0 bridgehead atoms. The topological polar surface area (TPSA) is 107 Å². The van der Waals surface area contributed by atoms with Gasteiger partial charge in [-0.1, -0.05) is 6.07 Å². The molecule has 24 heavy (non-hydrogen) atoms. The van der Waals surface area contributed by atoms with Gasteiger partial charge in [-0.25, -0.2) is 4.90 Å². The summed E-state index contributed by atoms with van der Waals surface area (Å²) in [7, 11) is 0. The highest BCUT2D eigenvalue weighted by Gasteiger charge is 2.21. The van der Waals surface area contributed by atoms with Crippen LogP contribution in [0.4, 0.5) is 23.3 Å². The number of hydrogen-bond acceptors (Lipinski definition) is 8. The van der Waals surface area contributed by atoms with E-state index >= 15 is 0 Å². The molecule has 2 aromatic heterocycles. The molecule has 3 aromatic rings. The zero-order valence-corrected chi connectivity index (χ0v) is 14.6. The first-order chi connectivity index (χ1) is 11.4. The maximum absolute atomic E-state index is 5.86. The van der Waals surface area contributed by atoms with Gasteiger partial charge in [0.05, 0.1) is 5.69 Å². The molecule has 0 aliphatic heterocycles. The summed E-state index contributed by atoms with van der Waals surface area (Å²) < 4.78 is 0. The Bertz CT molecular complexity index is 814. The maximum Gasteiger partial charge on any atom is 0.242 e. The Hall–Kier alpha value is -2.00. The standard InChI is InChI=1S/C12H6Cl4N8/c13-7-18-8(14)21-11(20-7)24(6-3-1-2-5(17)4-6)12-22-9(15)19-10(16)23-12/h1-4H,17H2. The number of nitrogens with zero attached hydrogens (tertiary/aromatic N) is 7. The van der Waals surface area contributed by atoms with Crippen LogP contribution in [-0.2, 0) is 0 Å². The van der Waals surface area contributed by atoms with Crippen molar-refractivity contribution in [2.75, 3.05) is 10.6 Å². The highest BCUT2D eigenvalue weighted by molar-refractivity contribution is 6.31. The lowest BCUT2D eigenvalue weighted by Crippen LogP contribution is -2.17. The second-order valence-corrected chi connectivity index (χ2v) is 5.63. The molecule has 8 nitrogen and oxygen atoms in total. The molecule has 0 fully saturated rings. The van der Waals surface area contributed by atoms with Crippen LogP contribution in [0.3, 0.4) is 0 Å². The van der Waals surface area contributed by atoms with Gasteiger partial charge in [0, 0.05) is 5.69 Å². The Morgan fingerprint density at radius 1 is 0.708 bits per heavy atom. The predicted octanol–water partition coefficient (Wildman–Crippen LogP) is 3.72. The van der Waals surface area contributed by atoms with Crippen LogP contribution in [0, 0.1) is 0 Å². The molecule has 0 aliphatic carbocycles. The molecule has 2 heterocycles. The minimum atomic E-state index is -0.106. The van der Waals surface area contributed by atoms with Crippen molar-refractivity contribution in [2.45, 2.75) is 0 Å². The predicted molar refractivity (Wildman–Crippen MR) is 92.3 cm³/mol. The van der Waals surface area contributed by atoms with E-state index in [0.29, 0.717) is 11.4 Å². The van der Waals surface area contributed by atoms with Crippen LogP contribution in [0.1, 0.15) is 0 Å². The molecule has 0 unspecified atom stereocenters. The SMILES string of the molecule is Nc1cccc(N(c2nc(Cl)nc(Cl)n2)c2nc(Cl)nc(Cl)n2)c1. The summed E-state index contributed by atoms with van der Waals surface area (Å²) in [6, 6.07) is 6.82. The maximum atomic E-state index is 5.86. The van der Waals surface area contributed by atoms with Gasteiger partial charge in [0.1, 0.15) is 0 Å². The first-order valence-electron chi connectivity index (χ1n) is 6.22. The fraction of sp³-hybridized carbons (Fsp3) is 0. The number of halogens is 4. The van der Waals surface area contributed by atoms with Crippen LogP contribution in [0.5, 0.6) is 0 Å². The van der Waals surface area contributed by atoms with E-state index in [9.17, 15) is 0 Å². The number of rotatable bonds is 3. The van der Waals surface area contributed by atoms with Crippen LogP contribution >= 0.6 is 46.4 Å². The van der Waals surface area contributed by atoms with E-state index in [1.807, 2.05) is 0 Å². The second-order valence-electron chi connectivity index (χ2n) is 4.28. The van der Waals surface area contributed by atoms with Gasteiger partial charge < -0.3 is 5.73 Å². The molecule has 0 spiro atoms. The molecule has 1 aromatic carbocycles. The number of benzene rings is 1. The van der Waals surface area contributed by atoms with Crippen molar-refractivity contribution in [3.05, 3.63) is 45.4 Å². The van der Waals surface area contributed by atoms with Crippen molar-refractivity contribution in [2.24, 2.45) is 0 Å². The van der Waals surface area contributed by atoms with E-state index in [0.717, 1.165) is 0 Å². The van der Waals surface area contributed by atoms with Crippen LogP contribution in [0.15, 0.2) is 24.3 Å². The van der Waals surface area contributed by atoms with E-state index in [4.69, 9.17) is 52.1 Å². The van der Waals surface area contributed by atoms with E-state index in [2.05, 4.69) is 29.9 Å². The smallest absolute Gasteiger partial charge is 0.242 e. The highest BCUT2D eigenvalue weighted by atomic mass is 35.5. The molecule has 0 atom stereocenters. The summed E-state index contributed by atoms with van der Waals surface area (Å²) in [4.78, 5) is 25.0. The lowest BCUT2D eigenvalue weighted by Gasteiger charge is -2.21. The van der Waals surface area contributed by atoms with Crippen molar-refractivity contribution in [3.8, 4) is 0 Å². The lowest BCUT2D eigenvalue weighted by atomic mass is 10.2. The largest absolute Gasteiger partial charge is 0.399 e. The summed E-state index contributed by atoms with van der Waals surface area (Å²) in [6.45, 7) is 0. The molecule has 3 rings (SSSR count). The van der Waals surface area contributed by atoms with Gasteiger partial charge in [-0.05, 0) is 64.6 Å². The van der Waals surface area contributed by atoms with Gasteiger partial charge in [0.2, 0.25) is 33.0 Å². The quantitative estimate of drug-likeness (QED) is 0.659. The monoisotopic (exact) mass is 402 g/mol. The number of aromatic nitrogens is 6. The Morgan fingerprint density at radius 3 is 1.58 bits per heavy atom. The van der Waals surface area contributed by atoms with Crippen molar-refractivity contribution in [3.63, 3.8) is 0 Å². The molecular formula is C12H6Cl4N8. The summed E-state index contributed by atoms with van der Waals surface area (Å²) >= 11 is 23.4. The van der Waals surface area contributed by atoms with Crippen molar-refractivity contribution in [1.29, 1.82) is 0 Å². The third-order valence-electron chi connectivity index (χ3n) is 2.67. The van der Waals surface area contributed by atoms with Gasteiger partial charge in [0.15, 0.2) is 0 Å². The zero-order chi connectivity index (χ0) is 17.3. The molecule has 12 heteroatoms. The lowest BCUT2D eigenvalue weighted by molar-refractivity contribution is 0.950. The van der Waals surface area contributed by atoms with Crippen molar-refractivity contribution >= 4 is 69.7 Å². The summed E-state index contributed by atoms with van der Waals surface area (Å²) in [5, 5.41) is -0.425. The average Bonchev–Trinajstić information content (AvgIpc) is 2.45. The minimum Gasteiger partial charge on any atom is -0.399 e. The number of anilines is 4. The van der Waals surface area contributed by atoms with Crippen LogP contribution in [0.2, 0.25) is 21.1 Å². The van der Waals surface area contributed by atoms with Gasteiger partial charge in [-0.15, -0.1) is 0 Å². The molecule has 0 amide bonds. The van der Waals surface area contributed by atoms with Crippen LogP contribution in [0.25, 0.3) is 0 Å². The zero-order valence-electron chi connectivity index (χ0n) is 11.5. The van der Waals surface area contributed by atoms with E-state index in [-0.39, 0.29) is 33.0 Å². The fourth-order valence-electron chi connectivity index (χ4n) is 1.82. The van der Waals surface area contributed by atoms with Crippen molar-refractivity contribution in [1.82, 2.24) is 29.9 Å². The van der Waals surface area contributed by atoms with Gasteiger partial charge >= 0.3 is 0 Å². The van der Waals surface area contributed by atoms with Crippen LogP contribution in [-0.4, -0.2) is 29.9 Å². The molecule has 0 saturated carbocycles. The van der Waals surface area contributed by atoms with Crippen molar-refractivity contribution < 1.29 is 0 Å². The third kappa shape index (κ3) is 3.73. The Labute approximate surface area is 155 Å². The fourth-order valence-corrected chi connectivity index (χ4v) is 2.53. The first-order valence-corrected chi connectivity index (χ1v) is 7.73. The summed E-state index contributed by atoms with van der Waals surface area (Å²) in [6.07, 6.45) is 0. The van der Waals surface area contributed by atoms with E-state index < -0.39 is 0 Å². The van der Waals surface area contributed by atoms with Gasteiger partial charge in [-0.3, -0.25) is 0 Å². The minimum absolute atomic E-state index is 0.0592. The molecule has 0 radical (unpaired) electrons. The summed E-state index contributed by atoms with van der Waals surface area (Å²) in [5.74, 6) is 0.118.